The second kappa shape index (κ2) is 11.7. The van der Waals surface area contributed by atoms with E-state index in [1.54, 1.807) is 0 Å². The standard InChI is InChI=1S/C35H39N2O3/c1-26(37(2)21-19-36-20-22-37)40-30-15-13-29(14-16-30)35-32-18-17-31(38-24-27-9-5-3-6-10-27)23-34(32)39-25-33(35)28-11-7-4-8-12-28/h3-18,23,26,33,35-36H,19-22,24-25H2,1-2H3/q+1. The molecule has 0 aliphatic carbocycles. The Hall–Kier alpha value is -3.80. The van der Waals surface area contributed by atoms with Crippen molar-refractivity contribution in [1.82, 2.24) is 5.32 Å². The van der Waals surface area contributed by atoms with Gasteiger partial charge in [-0.15, -0.1) is 0 Å². The van der Waals surface area contributed by atoms with Gasteiger partial charge < -0.3 is 19.5 Å². The summed E-state index contributed by atoms with van der Waals surface area (Å²) in [6.45, 7) is 7.56. The zero-order valence-corrected chi connectivity index (χ0v) is 23.5. The summed E-state index contributed by atoms with van der Waals surface area (Å²) >= 11 is 0. The van der Waals surface area contributed by atoms with Crippen molar-refractivity contribution in [3.8, 4) is 17.2 Å². The number of nitrogens with one attached hydrogen (secondary N) is 1. The van der Waals surface area contributed by atoms with Gasteiger partial charge in [0.25, 0.3) is 0 Å². The number of fused-ring (bicyclic) bond motifs is 1. The lowest BCUT2D eigenvalue weighted by atomic mass is 9.76. The van der Waals surface area contributed by atoms with Crippen molar-refractivity contribution in [2.24, 2.45) is 0 Å². The van der Waals surface area contributed by atoms with Crippen LogP contribution in [0.1, 0.15) is 41.0 Å². The summed E-state index contributed by atoms with van der Waals surface area (Å²) in [5, 5.41) is 3.46. The minimum Gasteiger partial charge on any atom is -0.492 e. The molecule has 1 saturated heterocycles. The van der Waals surface area contributed by atoms with Gasteiger partial charge in [0.05, 0.1) is 26.7 Å². The lowest BCUT2D eigenvalue weighted by molar-refractivity contribution is -0.950. The number of piperazine rings is 1. The molecule has 4 aromatic carbocycles. The third kappa shape index (κ3) is 5.72. The molecule has 0 spiro atoms. The molecule has 2 heterocycles. The molecular formula is C35H39N2O3+. The van der Waals surface area contributed by atoms with Gasteiger partial charge in [0, 0.05) is 43.5 Å². The van der Waals surface area contributed by atoms with Crippen LogP contribution in [0.5, 0.6) is 17.2 Å². The molecule has 0 saturated carbocycles. The Morgan fingerprint density at radius 3 is 2.23 bits per heavy atom. The number of quaternary nitrogens is 1. The first-order valence-electron chi connectivity index (χ1n) is 14.4. The van der Waals surface area contributed by atoms with Gasteiger partial charge in [-0.3, -0.25) is 4.48 Å². The van der Waals surface area contributed by atoms with Crippen LogP contribution in [0.3, 0.4) is 0 Å². The molecule has 5 heteroatoms. The molecule has 2 aliphatic rings. The molecule has 0 radical (unpaired) electrons. The van der Waals surface area contributed by atoms with Crippen LogP contribution < -0.4 is 19.5 Å². The average molecular weight is 536 g/mol. The minimum absolute atomic E-state index is 0.100. The molecule has 40 heavy (non-hydrogen) atoms. The summed E-state index contributed by atoms with van der Waals surface area (Å²) < 4.78 is 19.9. The molecule has 4 aromatic rings. The first kappa shape index (κ1) is 26.4. The van der Waals surface area contributed by atoms with Crippen LogP contribution in [-0.4, -0.2) is 50.5 Å². The summed E-state index contributed by atoms with van der Waals surface area (Å²) in [6.07, 6.45) is 0.100. The molecule has 0 aromatic heterocycles. The maximum atomic E-state index is 6.46. The fraction of sp³-hybridized carbons (Fsp3) is 0.314. The number of hydrogen-bond acceptors (Lipinski definition) is 4. The quantitative estimate of drug-likeness (QED) is 0.267. The smallest absolute Gasteiger partial charge is 0.230 e. The lowest BCUT2D eigenvalue weighted by Gasteiger charge is -2.42. The Morgan fingerprint density at radius 2 is 1.50 bits per heavy atom. The molecule has 0 bridgehead atoms. The van der Waals surface area contributed by atoms with Gasteiger partial charge in [-0.1, -0.05) is 78.9 Å². The summed E-state index contributed by atoms with van der Waals surface area (Å²) in [5.74, 6) is 3.01. The average Bonchev–Trinajstić information content (AvgIpc) is 3.01. The molecule has 3 atom stereocenters. The van der Waals surface area contributed by atoms with Gasteiger partial charge >= 0.3 is 0 Å². The lowest BCUT2D eigenvalue weighted by Crippen LogP contribution is -2.61. The molecule has 2 aliphatic heterocycles. The Labute approximate surface area is 237 Å². The highest BCUT2D eigenvalue weighted by atomic mass is 16.5. The predicted octanol–water partition coefficient (Wildman–Crippen LogP) is 6.35. The van der Waals surface area contributed by atoms with Crippen molar-refractivity contribution in [2.75, 3.05) is 39.8 Å². The summed E-state index contributed by atoms with van der Waals surface area (Å²) in [5.41, 5.74) is 4.88. The Morgan fingerprint density at radius 1 is 0.825 bits per heavy atom. The number of likely N-dealkylation sites (N-methyl/N-ethyl adjacent to an activating group) is 1. The second-order valence-corrected chi connectivity index (χ2v) is 11.2. The maximum Gasteiger partial charge on any atom is 0.230 e. The highest BCUT2D eigenvalue weighted by molar-refractivity contribution is 5.51. The third-order valence-corrected chi connectivity index (χ3v) is 8.64. The van der Waals surface area contributed by atoms with Crippen LogP contribution in [0.2, 0.25) is 0 Å². The molecule has 206 valence electrons. The van der Waals surface area contributed by atoms with Crippen LogP contribution in [0.25, 0.3) is 0 Å². The maximum absolute atomic E-state index is 6.46. The molecule has 3 unspecified atom stereocenters. The zero-order chi connectivity index (χ0) is 27.4. The number of nitrogens with zero attached hydrogens (tertiary/aromatic N) is 1. The predicted molar refractivity (Wildman–Crippen MR) is 159 cm³/mol. The Bertz CT molecular complexity index is 1390. The monoisotopic (exact) mass is 535 g/mol. The zero-order valence-electron chi connectivity index (χ0n) is 23.5. The molecule has 6 rings (SSSR count). The van der Waals surface area contributed by atoms with Crippen molar-refractivity contribution < 1.29 is 18.7 Å². The first-order chi connectivity index (χ1) is 19.6. The summed E-state index contributed by atoms with van der Waals surface area (Å²) in [6, 6.07) is 36.0. The minimum atomic E-state index is 0.100. The highest BCUT2D eigenvalue weighted by Crippen LogP contribution is 2.47. The van der Waals surface area contributed by atoms with Gasteiger partial charge in [-0.05, 0) is 34.9 Å². The number of ether oxygens (including phenoxy) is 3. The van der Waals surface area contributed by atoms with E-state index in [0.717, 1.165) is 53.5 Å². The van der Waals surface area contributed by atoms with Crippen LogP contribution in [-0.2, 0) is 6.61 Å². The van der Waals surface area contributed by atoms with E-state index in [2.05, 4.69) is 98.2 Å². The van der Waals surface area contributed by atoms with Gasteiger partial charge in [0.2, 0.25) is 6.23 Å². The van der Waals surface area contributed by atoms with E-state index in [4.69, 9.17) is 14.2 Å². The van der Waals surface area contributed by atoms with Gasteiger partial charge in [-0.2, -0.15) is 0 Å². The van der Waals surface area contributed by atoms with Crippen LogP contribution in [0, 0.1) is 0 Å². The largest absolute Gasteiger partial charge is 0.492 e. The van der Waals surface area contributed by atoms with Crippen molar-refractivity contribution in [2.45, 2.75) is 31.6 Å². The SMILES string of the molecule is CC(Oc1ccc(C2c3ccc(OCc4ccccc4)cc3OCC2c2ccccc2)cc1)[N+]1(C)CCNCC1. The van der Waals surface area contributed by atoms with Crippen molar-refractivity contribution in [3.05, 3.63) is 125 Å². The van der Waals surface area contributed by atoms with E-state index in [-0.39, 0.29) is 18.1 Å². The van der Waals surface area contributed by atoms with E-state index >= 15 is 0 Å². The molecular weight excluding hydrogens is 496 g/mol. The molecule has 1 fully saturated rings. The fourth-order valence-electron chi connectivity index (χ4n) is 5.97. The van der Waals surface area contributed by atoms with E-state index in [9.17, 15) is 0 Å². The highest BCUT2D eigenvalue weighted by Gasteiger charge is 2.35. The van der Waals surface area contributed by atoms with Crippen LogP contribution in [0.4, 0.5) is 0 Å². The van der Waals surface area contributed by atoms with Crippen LogP contribution in [0.15, 0.2) is 103 Å². The van der Waals surface area contributed by atoms with Crippen molar-refractivity contribution in [3.63, 3.8) is 0 Å². The van der Waals surface area contributed by atoms with Gasteiger partial charge in [0.15, 0.2) is 0 Å². The van der Waals surface area contributed by atoms with Gasteiger partial charge in [0.1, 0.15) is 23.9 Å². The molecule has 5 nitrogen and oxygen atoms in total. The number of benzene rings is 4. The van der Waals surface area contributed by atoms with Crippen molar-refractivity contribution >= 4 is 0 Å². The Balaban J connectivity index is 1.25. The van der Waals surface area contributed by atoms with Gasteiger partial charge in [-0.25, -0.2) is 0 Å². The van der Waals surface area contributed by atoms with E-state index in [1.165, 1.54) is 16.7 Å². The second-order valence-electron chi connectivity index (χ2n) is 11.2. The van der Waals surface area contributed by atoms with Crippen LogP contribution >= 0.6 is 0 Å². The van der Waals surface area contributed by atoms with E-state index in [0.29, 0.717) is 13.2 Å². The number of hydrogen-bond donors (Lipinski definition) is 1. The summed E-state index contributed by atoms with van der Waals surface area (Å²) in [7, 11) is 2.29. The normalized spacial score (nSPS) is 20.6. The van der Waals surface area contributed by atoms with Crippen molar-refractivity contribution in [1.29, 1.82) is 0 Å². The summed E-state index contributed by atoms with van der Waals surface area (Å²) in [4.78, 5) is 0. The fourth-order valence-corrected chi connectivity index (χ4v) is 5.97. The Kier molecular flexibility index (Phi) is 7.76. The third-order valence-electron chi connectivity index (χ3n) is 8.64. The molecule has 1 N–H and O–H groups in total. The van der Waals surface area contributed by atoms with E-state index < -0.39 is 0 Å². The number of rotatable bonds is 8. The molecule has 0 amide bonds. The topological polar surface area (TPSA) is 39.7 Å². The van der Waals surface area contributed by atoms with E-state index in [1.807, 2.05) is 24.3 Å². The first-order valence-corrected chi connectivity index (χ1v) is 14.4.